The standard InChI is InChI=1S/C18H31N3OS/c1-13-15(22-16(20-13)18(2,3)4)11-8-12-19-17(23)21-14-9-6-5-7-10-14/h14H,5-12H2,1-4H3,(H2,19,21,23). The van der Waals surface area contributed by atoms with Crippen LogP contribution in [0.15, 0.2) is 4.42 Å². The van der Waals surface area contributed by atoms with E-state index in [-0.39, 0.29) is 5.41 Å². The monoisotopic (exact) mass is 337 g/mol. The lowest BCUT2D eigenvalue weighted by atomic mass is 9.96. The van der Waals surface area contributed by atoms with Gasteiger partial charge in [-0.05, 0) is 38.4 Å². The van der Waals surface area contributed by atoms with Crippen LogP contribution < -0.4 is 10.6 Å². The molecule has 0 saturated heterocycles. The van der Waals surface area contributed by atoms with Crippen molar-refractivity contribution in [2.75, 3.05) is 6.54 Å². The summed E-state index contributed by atoms with van der Waals surface area (Å²) in [4.78, 5) is 4.55. The van der Waals surface area contributed by atoms with Gasteiger partial charge in [-0.25, -0.2) is 4.98 Å². The molecular formula is C18H31N3OS. The van der Waals surface area contributed by atoms with Gasteiger partial charge in [0.1, 0.15) is 5.76 Å². The van der Waals surface area contributed by atoms with Crippen LogP contribution in [0, 0.1) is 6.92 Å². The van der Waals surface area contributed by atoms with Crippen LogP contribution in [-0.2, 0) is 11.8 Å². The van der Waals surface area contributed by atoms with Crippen molar-refractivity contribution in [1.82, 2.24) is 15.6 Å². The van der Waals surface area contributed by atoms with Gasteiger partial charge >= 0.3 is 0 Å². The lowest BCUT2D eigenvalue weighted by Crippen LogP contribution is -2.43. The van der Waals surface area contributed by atoms with E-state index in [1.807, 2.05) is 6.92 Å². The second-order valence-electron chi connectivity index (χ2n) is 7.62. The van der Waals surface area contributed by atoms with Crippen LogP contribution in [0.5, 0.6) is 0 Å². The molecule has 2 rings (SSSR count). The highest BCUT2D eigenvalue weighted by atomic mass is 32.1. The van der Waals surface area contributed by atoms with Crippen molar-refractivity contribution >= 4 is 17.3 Å². The van der Waals surface area contributed by atoms with Crippen molar-refractivity contribution in [3.63, 3.8) is 0 Å². The fourth-order valence-electron chi connectivity index (χ4n) is 2.91. The first-order valence-corrected chi connectivity index (χ1v) is 9.28. The Kier molecular flexibility index (Phi) is 6.45. The molecule has 1 fully saturated rings. The Labute approximate surface area is 145 Å². The van der Waals surface area contributed by atoms with Gasteiger partial charge in [0, 0.05) is 24.4 Å². The highest BCUT2D eigenvalue weighted by molar-refractivity contribution is 7.80. The Balaban J connectivity index is 1.69. The van der Waals surface area contributed by atoms with Crippen LogP contribution in [0.25, 0.3) is 0 Å². The molecule has 0 aliphatic heterocycles. The summed E-state index contributed by atoms with van der Waals surface area (Å²) in [7, 11) is 0. The number of hydrogen-bond acceptors (Lipinski definition) is 3. The lowest BCUT2D eigenvalue weighted by molar-refractivity contribution is 0.370. The Hall–Kier alpha value is -1.10. The summed E-state index contributed by atoms with van der Waals surface area (Å²) in [6, 6.07) is 0.564. The first-order valence-electron chi connectivity index (χ1n) is 8.87. The molecule has 0 bridgehead atoms. The van der Waals surface area contributed by atoms with Crippen LogP contribution in [0.3, 0.4) is 0 Å². The second-order valence-corrected chi connectivity index (χ2v) is 8.02. The van der Waals surface area contributed by atoms with Gasteiger partial charge in [0.05, 0.1) is 5.69 Å². The number of rotatable bonds is 5. The Morgan fingerprint density at radius 1 is 1.26 bits per heavy atom. The summed E-state index contributed by atoms with van der Waals surface area (Å²) in [5.41, 5.74) is 0.977. The molecule has 2 N–H and O–H groups in total. The predicted molar refractivity (Wildman–Crippen MR) is 98.9 cm³/mol. The average Bonchev–Trinajstić information content (AvgIpc) is 2.86. The van der Waals surface area contributed by atoms with Crippen LogP contribution >= 0.6 is 12.2 Å². The molecule has 4 nitrogen and oxygen atoms in total. The molecule has 1 aromatic rings. The molecule has 1 aliphatic carbocycles. The SMILES string of the molecule is Cc1nc(C(C)(C)C)oc1CCCNC(=S)NC1CCCCC1. The zero-order chi connectivity index (χ0) is 16.9. The van der Waals surface area contributed by atoms with Crippen molar-refractivity contribution in [1.29, 1.82) is 0 Å². The molecule has 1 saturated carbocycles. The van der Waals surface area contributed by atoms with Gasteiger partial charge in [0.15, 0.2) is 11.0 Å². The highest BCUT2D eigenvalue weighted by Crippen LogP contribution is 2.24. The number of nitrogens with zero attached hydrogens (tertiary/aromatic N) is 1. The summed E-state index contributed by atoms with van der Waals surface area (Å²) in [5.74, 6) is 1.83. The van der Waals surface area contributed by atoms with E-state index < -0.39 is 0 Å². The zero-order valence-corrected chi connectivity index (χ0v) is 15.8. The van der Waals surface area contributed by atoms with E-state index in [0.29, 0.717) is 6.04 Å². The highest BCUT2D eigenvalue weighted by Gasteiger charge is 2.22. The molecule has 23 heavy (non-hydrogen) atoms. The van der Waals surface area contributed by atoms with Gasteiger partial charge in [-0.15, -0.1) is 0 Å². The molecule has 0 unspecified atom stereocenters. The van der Waals surface area contributed by atoms with Crippen LogP contribution in [0.2, 0.25) is 0 Å². The Morgan fingerprint density at radius 2 is 1.96 bits per heavy atom. The van der Waals surface area contributed by atoms with Crippen LogP contribution in [0.4, 0.5) is 0 Å². The fraction of sp³-hybridized carbons (Fsp3) is 0.778. The number of thiocarbonyl (C=S) groups is 1. The van der Waals surface area contributed by atoms with E-state index in [1.54, 1.807) is 0 Å². The van der Waals surface area contributed by atoms with Crippen LogP contribution in [-0.4, -0.2) is 22.7 Å². The molecule has 0 atom stereocenters. The minimum Gasteiger partial charge on any atom is -0.445 e. The summed E-state index contributed by atoms with van der Waals surface area (Å²) >= 11 is 5.39. The Morgan fingerprint density at radius 3 is 2.57 bits per heavy atom. The number of nitrogens with one attached hydrogen (secondary N) is 2. The van der Waals surface area contributed by atoms with E-state index in [1.165, 1.54) is 32.1 Å². The summed E-state index contributed by atoms with van der Waals surface area (Å²) in [6.07, 6.45) is 8.39. The molecule has 1 heterocycles. The molecule has 5 heteroatoms. The Bertz CT molecular complexity index is 513. The normalized spacial score (nSPS) is 16.3. The molecule has 0 radical (unpaired) electrons. The second kappa shape index (κ2) is 8.13. The summed E-state index contributed by atoms with van der Waals surface area (Å²) in [5, 5.41) is 7.55. The third-order valence-corrected chi connectivity index (χ3v) is 4.60. The fourth-order valence-corrected chi connectivity index (χ4v) is 3.18. The molecular weight excluding hydrogens is 306 g/mol. The largest absolute Gasteiger partial charge is 0.445 e. The summed E-state index contributed by atoms with van der Waals surface area (Å²) < 4.78 is 5.92. The van der Waals surface area contributed by atoms with Gasteiger partial charge in [-0.3, -0.25) is 0 Å². The molecule has 130 valence electrons. The van der Waals surface area contributed by atoms with Gasteiger partial charge in [-0.2, -0.15) is 0 Å². The molecule has 0 aromatic carbocycles. The quantitative estimate of drug-likeness (QED) is 0.628. The van der Waals surface area contributed by atoms with E-state index in [9.17, 15) is 0 Å². The molecule has 1 aromatic heterocycles. The van der Waals surface area contributed by atoms with Crippen molar-refractivity contribution in [2.45, 2.75) is 84.1 Å². The van der Waals surface area contributed by atoms with Gasteiger partial charge in [0.2, 0.25) is 0 Å². The van der Waals surface area contributed by atoms with Crippen molar-refractivity contribution in [2.24, 2.45) is 0 Å². The molecule has 0 amide bonds. The maximum absolute atomic E-state index is 5.92. The van der Waals surface area contributed by atoms with E-state index in [0.717, 1.165) is 41.8 Å². The minimum absolute atomic E-state index is 0.0350. The molecule has 0 spiro atoms. The topological polar surface area (TPSA) is 50.1 Å². The molecule has 1 aliphatic rings. The van der Waals surface area contributed by atoms with Crippen molar-refractivity contribution < 1.29 is 4.42 Å². The van der Waals surface area contributed by atoms with Crippen molar-refractivity contribution in [3.8, 4) is 0 Å². The zero-order valence-electron chi connectivity index (χ0n) is 15.0. The number of aryl methyl sites for hydroxylation is 2. The predicted octanol–water partition coefficient (Wildman–Crippen LogP) is 4.01. The maximum Gasteiger partial charge on any atom is 0.199 e. The van der Waals surface area contributed by atoms with E-state index in [4.69, 9.17) is 16.6 Å². The van der Waals surface area contributed by atoms with Gasteiger partial charge in [0.25, 0.3) is 0 Å². The average molecular weight is 338 g/mol. The smallest absolute Gasteiger partial charge is 0.199 e. The first kappa shape index (κ1) is 18.2. The first-order chi connectivity index (χ1) is 10.9. The van der Waals surface area contributed by atoms with Gasteiger partial charge in [-0.1, -0.05) is 40.0 Å². The van der Waals surface area contributed by atoms with Gasteiger partial charge < -0.3 is 15.1 Å². The third-order valence-electron chi connectivity index (χ3n) is 4.34. The number of hydrogen-bond donors (Lipinski definition) is 2. The van der Waals surface area contributed by atoms with E-state index >= 15 is 0 Å². The van der Waals surface area contributed by atoms with E-state index in [2.05, 4.69) is 36.4 Å². The maximum atomic E-state index is 5.92. The van der Waals surface area contributed by atoms with Crippen molar-refractivity contribution in [3.05, 3.63) is 17.3 Å². The number of aromatic nitrogens is 1. The number of oxazole rings is 1. The van der Waals surface area contributed by atoms with Crippen LogP contribution in [0.1, 0.15) is 76.6 Å². The summed E-state index contributed by atoms with van der Waals surface area (Å²) in [6.45, 7) is 9.26. The lowest BCUT2D eigenvalue weighted by Gasteiger charge is -2.24. The minimum atomic E-state index is -0.0350. The third kappa shape index (κ3) is 5.79.